The van der Waals surface area contributed by atoms with Gasteiger partial charge in [-0.25, -0.2) is 0 Å². The summed E-state index contributed by atoms with van der Waals surface area (Å²) in [6, 6.07) is 0. The zero-order valence-electron chi connectivity index (χ0n) is 8.92. The van der Waals surface area contributed by atoms with Gasteiger partial charge in [0.1, 0.15) is 0 Å². The van der Waals surface area contributed by atoms with E-state index in [1.54, 1.807) is 0 Å². The van der Waals surface area contributed by atoms with Crippen molar-refractivity contribution in [3.05, 3.63) is 0 Å². The van der Waals surface area contributed by atoms with E-state index in [4.69, 9.17) is 4.74 Å². The van der Waals surface area contributed by atoms with Gasteiger partial charge in [0, 0.05) is 13.0 Å². The fourth-order valence-electron chi connectivity index (χ4n) is 1.12. The lowest BCUT2D eigenvalue weighted by Crippen LogP contribution is -2.27. The Morgan fingerprint density at radius 2 is 1.75 bits per heavy atom. The number of rotatable bonds is 5. The van der Waals surface area contributed by atoms with Crippen LogP contribution in [0.3, 0.4) is 0 Å². The first-order valence-electron chi connectivity index (χ1n) is 4.65. The number of hydrogen-bond donors (Lipinski definition) is 1. The largest absolute Gasteiger partial charge is 0.390 e. The predicted molar refractivity (Wildman–Crippen MR) is 51.2 cm³/mol. The van der Waals surface area contributed by atoms with Crippen molar-refractivity contribution in [1.29, 1.82) is 0 Å². The third-order valence-electron chi connectivity index (χ3n) is 1.50. The summed E-state index contributed by atoms with van der Waals surface area (Å²) in [5, 5.41) is 9.47. The molecule has 0 fully saturated rings. The minimum atomic E-state index is -0.615. The van der Waals surface area contributed by atoms with Gasteiger partial charge in [-0.3, -0.25) is 0 Å². The van der Waals surface area contributed by atoms with Crippen molar-refractivity contribution in [3.8, 4) is 0 Å². The van der Waals surface area contributed by atoms with Crippen LogP contribution in [0.4, 0.5) is 0 Å². The van der Waals surface area contributed by atoms with Gasteiger partial charge in [-0.15, -0.1) is 0 Å². The molecule has 0 aliphatic heterocycles. The molecule has 0 saturated carbocycles. The van der Waals surface area contributed by atoms with Crippen molar-refractivity contribution in [2.24, 2.45) is 5.92 Å². The van der Waals surface area contributed by atoms with Gasteiger partial charge in [-0.05, 0) is 26.7 Å². The predicted octanol–water partition coefficient (Wildman–Crippen LogP) is 2.21. The van der Waals surface area contributed by atoms with Gasteiger partial charge in [-0.2, -0.15) is 0 Å². The molecule has 0 rings (SSSR count). The van der Waals surface area contributed by atoms with E-state index in [1.807, 2.05) is 20.8 Å². The van der Waals surface area contributed by atoms with Crippen molar-refractivity contribution in [1.82, 2.24) is 0 Å². The number of aliphatic hydroxyl groups is 1. The fraction of sp³-hybridized carbons (Fsp3) is 1.00. The van der Waals surface area contributed by atoms with Gasteiger partial charge in [0.2, 0.25) is 0 Å². The molecule has 1 atom stereocenters. The van der Waals surface area contributed by atoms with Crippen LogP contribution in [0, 0.1) is 5.92 Å². The summed E-state index contributed by atoms with van der Waals surface area (Å²) in [6.45, 7) is 10.6. The van der Waals surface area contributed by atoms with Crippen LogP contribution in [0.25, 0.3) is 0 Å². The van der Waals surface area contributed by atoms with E-state index in [2.05, 4.69) is 13.8 Å². The van der Waals surface area contributed by atoms with Crippen LogP contribution in [0.5, 0.6) is 0 Å². The summed E-state index contributed by atoms with van der Waals surface area (Å²) in [6.07, 6.45) is 0.840. The molecule has 0 amide bonds. The Hall–Kier alpha value is -0.0800. The molecule has 0 radical (unpaired) electrons. The quantitative estimate of drug-likeness (QED) is 0.692. The molecule has 0 heterocycles. The Kier molecular flexibility index (Phi) is 4.80. The summed E-state index contributed by atoms with van der Waals surface area (Å²) in [5.74, 6) is 0.564. The minimum Gasteiger partial charge on any atom is -0.390 e. The molecule has 0 aromatic rings. The van der Waals surface area contributed by atoms with Crippen molar-refractivity contribution < 1.29 is 9.84 Å². The molecule has 12 heavy (non-hydrogen) atoms. The monoisotopic (exact) mass is 174 g/mol. The summed E-state index contributed by atoms with van der Waals surface area (Å²) in [4.78, 5) is 0. The first-order chi connectivity index (χ1) is 5.31. The Balaban J connectivity index is 3.53. The summed E-state index contributed by atoms with van der Waals surface area (Å²) < 4.78 is 5.52. The van der Waals surface area contributed by atoms with Crippen LogP contribution >= 0.6 is 0 Å². The van der Waals surface area contributed by atoms with Crippen LogP contribution in [0.1, 0.15) is 41.0 Å². The smallest absolute Gasteiger partial charge is 0.0616 e. The zero-order valence-corrected chi connectivity index (χ0v) is 8.92. The average Bonchev–Trinajstić information content (AvgIpc) is 1.79. The van der Waals surface area contributed by atoms with Crippen LogP contribution in [0.2, 0.25) is 0 Å². The first-order valence-corrected chi connectivity index (χ1v) is 4.65. The van der Waals surface area contributed by atoms with E-state index < -0.39 is 5.60 Å². The topological polar surface area (TPSA) is 29.5 Å². The van der Waals surface area contributed by atoms with Gasteiger partial charge in [0.05, 0.1) is 11.7 Å². The molecule has 0 unspecified atom stereocenters. The van der Waals surface area contributed by atoms with E-state index in [0.717, 1.165) is 6.61 Å². The van der Waals surface area contributed by atoms with Gasteiger partial charge < -0.3 is 9.84 Å². The molecular formula is C10H22O2. The highest BCUT2D eigenvalue weighted by Crippen LogP contribution is 2.13. The lowest BCUT2D eigenvalue weighted by Gasteiger charge is -2.22. The van der Waals surface area contributed by atoms with E-state index in [0.29, 0.717) is 12.3 Å². The highest BCUT2D eigenvalue weighted by molar-refractivity contribution is 4.69. The highest BCUT2D eigenvalue weighted by atomic mass is 16.5. The standard InChI is InChI=1S/C10H22O2/c1-8(2)7-12-9(3)6-10(4,5)11/h8-9,11H,6-7H2,1-5H3/t9-/m1/s1. The maximum atomic E-state index is 9.47. The second kappa shape index (κ2) is 4.83. The van der Waals surface area contributed by atoms with Crippen molar-refractivity contribution in [3.63, 3.8) is 0 Å². The van der Waals surface area contributed by atoms with Crippen molar-refractivity contribution >= 4 is 0 Å². The van der Waals surface area contributed by atoms with Crippen molar-refractivity contribution in [2.45, 2.75) is 52.7 Å². The number of hydrogen-bond acceptors (Lipinski definition) is 2. The Morgan fingerprint density at radius 3 is 2.08 bits per heavy atom. The van der Waals surface area contributed by atoms with Crippen LogP contribution < -0.4 is 0 Å². The molecule has 2 nitrogen and oxygen atoms in total. The normalized spacial score (nSPS) is 15.2. The summed E-state index contributed by atoms with van der Waals surface area (Å²) in [5.41, 5.74) is -0.615. The third-order valence-corrected chi connectivity index (χ3v) is 1.50. The van der Waals surface area contributed by atoms with E-state index in [9.17, 15) is 5.11 Å². The lowest BCUT2D eigenvalue weighted by atomic mass is 10.0. The zero-order chi connectivity index (χ0) is 9.78. The molecule has 0 saturated heterocycles. The Labute approximate surface area is 75.9 Å². The molecule has 2 heteroatoms. The average molecular weight is 174 g/mol. The van der Waals surface area contributed by atoms with E-state index in [1.165, 1.54) is 0 Å². The second-order valence-corrected chi connectivity index (χ2v) is 4.55. The maximum absolute atomic E-state index is 9.47. The van der Waals surface area contributed by atoms with E-state index >= 15 is 0 Å². The van der Waals surface area contributed by atoms with Gasteiger partial charge >= 0.3 is 0 Å². The van der Waals surface area contributed by atoms with Crippen LogP contribution in [-0.2, 0) is 4.74 Å². The fourth-order valence-corrected chi connectivity index (χ4v) is 1.12. The van der Waals surface area contributed by atoms with E-state index in [-0.39, 0.29) is 6.10 Å². The molecule has 1 N–H and O–H groups in total. The molecule has 0 aliphatic carbocycles. The molecule has 0 spiro atoms. The summed E-state index contributed by atoms with van der Waals surface area (Å²) in [7, 11) is 0. The molecule has 0 aromatic carbocycles. The van der Waals surface area contributed by atoms with Crippen LogP contribution in [0.15, 0.2) is 0 Å². The number of ether oxygens (including phenoxy) is 1. The maximum Gasteiger partial charge on any atom is 0.0616 e. The van der Waals surface area contributed by atoms with Gasteiger partial charge in [0.25, 0.3) is 0 Å². The molecule has 74 valence electrons. The molecule has 0 aromatic heterocycles. The third kappa shape index (κ3) is 8.02. The minimum absolute atomic E-state index is 0.146. The second-order valence-electron chi connectivity index (χ2n) is 4.55. The highest BCUT2D eigenvalue weighted by Gasteiger charge is 2.17. The first kappa shape index (κ1) is 11.9. The summed E-state index contributed by atoms with van der Waals surface area (Å²) >= 11 is 0. The molecular weight excluding hydrogens is 152 g/mol. The SMILES string of the molecule is CC(C)CO[C@H](C)CC(C)(C)O. The lowest BCUT2D eigenvalue weighted by molar-refractivity contribution is -0.0199. The molecule has 0 bridgehead atoms. The van der Waals surface area contributed by atoms with Gasteiger partial charge in [-0.1, -0.05) is 13.8 Å². The Morgan fingerprint density at radius 1 is 1.25 bits per heavy atom. The molecule has 0 aliphatic rings. The Bertz CT molecular complexity index is 113. The van der Waals surface area contributed by atoms with Gasteiger partial charge in [0.15, 0.2) is 0 Å². The van der Waals surface area contributed by atoms with Crippen molar-refractivity contribution in [2.75, 3.05) is 6.61 Å². The van der Waals surface area contributed by atoms with Crippen LogP contribution in [-0.4, -0.2) is 23.4 Å².